The third-order valence-corrected chi connectivity index (χ3v) is 4.23. The molecule has 3 aromatic rings. The highest BCUT2D eigenvalue weighted by Gasteiger charge is 2.20. The average Bonchev–Trinajstić information content (AvgIpc) is 2.76. The van der Waals surface area contributed by atoms with E-state index in [0.717, 1.165) is 10.2 Å². The van der Waals surface area contributed by atoms with Crippen LogP contribution in [-0.2, 0) is 0 Å². The van der Waals surface area contributed by atoms with E-state index in [1.54, 1.807) is 24.3 Å². The molecule has 1 heterocycles. The van der Waals surface area contributed by atoms with E-state index in [0.29, 0.717) is 18.0 Å². The van der Waals surface area contributed by atoms with E-state index in [-0.39, 0.29) is 16.8 Å². The SMILES string of the molecule is CCOc1ccc(-n2nc(C(=O)N/N=C/c3ccccc3)c(C)c(C#N)c2=O)cc1. The van der Waals surface area contributed by atoms with Gasteiger partial charge in [-0.15, -0.1) is 0 Å². The van der Waals surface area contributed by atoms with Crippen LogP contribution >= 0.6 is 0 Å². The third-order valence-electron chi connectivity index (χ3n) is 4.23. The minimum Gasteiger partial charge on any atom is -0.494 e. The first kappa shape index (κ1) is 20.5. The van der Waals surface area contributed by atoms with Crippen LogP contribution in [0.25, 0.3) is 5.69 Å². The van der Waals surface area contributed by atoms with E-state index in [1.807, 2.05) is 43.3 Å². The largest absolute Gasteiger partial charge is 0.494 e. The molecule has 0 spiro atoms. The highest BCUT2D eigenvalue weighted by molar-refractivity contribution is 5.94. The fourth-order valence-electron chi connectivity index (χ4n) is 2.74. The number of aromatic nitrogens is 2. The van der Waals surface area contributed by atoms with Gasteiger partial charge in [0.15, 0.2) is 5.69 Å². The summed E-state index contributed by atoms with van der Waals surface area (Å²) >= 11 is 0. The summed E-state index contributed by atoms with van der Waals surface area (Å²) in [6, 6.07) is 17.7. The molecule has 0 saturated heterocycles. The standard InChI is InChI=1S/C22H19N5O3/c1-3-30-18-11-9-17(10-12-18)27-22(29)19(13-23)15(2)20(26-27)21(28)25-24-14-16-7-5-4-6-8-16/h4-12,14H,3H2,1-2H3,(H,25,28)/b24-14+. The van der Waals surface area contributed by atoms with Crippen LogP contribution in [0.1, 0.15) is 34.1 Å². The van der Waals surface area contributed by atoms with E-state index < -0.39 is 11.5 Å². The Hall–Kier alpha value is -4.25. The number of carbonyl (C=O) groups excluding carboxylic acids is 1. The zero-order chi connectivity index (χ0) is 21.5. The van der Waals surface area contributed by atoms with Crippen LogP contribution < -0.4 is 15.7 Å². The molecule has 0 atom stereocenters. The van der Waals surface area contributed by atoms with Gasteiger partial charge in [0.05, 0.1) is 18.5 Å². The minimum atomic E-state index is -0.629. The summed E-state index contributed by atoms with van der Waals surface area (Å²) in [6.07, 6.45) is 1.49. The van der Waals surface area contributed by atoms with Crippen molar-refractivity contribution in [3.05, 3.63) is 87.3 Å². The normalized spacial score (nSPS) is 10.6. The quantitative estimate of drug-likeness (QED) is 0.504. The topological polar surface area (TPSA) is 109 Å². The first-order chi connectivity index (χ1) is 14.5. The van der Waals surface area contributed by atoms with Crippen molar-refractivity contribution in [2.75, 3.05) is 6.61 Å². The number of amides is 1. The first-order valence-corrected chi connectivity index (χ1v) is 9.21. The second-order valence-corrected chi connectivity index (χ2v) is 6.21. The Morgan fingerprint density at radius 3 is 2.57 bits per heavy atom. The van der Waals surface area contributed by atoms with Crippen molar-refractivity contribution in [2.24, 2.45) is 5.10 Å². The Kier molecular flexibility index (Phi) is 6.35. The fraction of sp³-hybridized carbons (Fsp3) is 0.136. The van der Waals surface area contributed by atoms with Gasteiger partial charge in [-0.3, -0.25) is 9.59 Å². The predicted molar refractivity (Wildman–Crippen MR) is 112 cm³/mol. The highest BCUT2D eigenvalue weighted by Crippen LogP contribution is 2.15. The molecule has 150 valence electrons. The molecule has 0 fully saturated rings. The van der Waals surface area contributed by atoms with E-state index in [2.05, 4.69) is 15.6 Å². The van der Waals surface area contributed by atoms with Gasteiger partial charge >= 0.3 is 0 Å². The summed E-state index contributed by atoms with van der Waals surface area (Å²) in [6.45, 7) is 3.88. The second-order valence-electron chi connectivity index (χ2n) is 6.21. The van der Waals surface area contributed by atoms with Gasteiger partial charge in [-0.25, -0.2) is 5.43 Å². The molecule has 8 nitrogen and oxygen atoms in total. The lowest BCUT2D eigenvalue weighted by Gasteiger charge is -2.11. The molecule has 0 aliphatic carbocycles. The van der Waals surface area contributed by atoms with E-state index in [4.69, 9.17) is 4.74 Å². The van der Waals surface area contributed by atoms with Gasteiger partial charge in [0.25, 0.3) is 11.5 Å². The van der Waals surface area contributed by atoms with Crippen LogP contribution in [0.3, 0.4) is 0 Å². The zero-order valence-corrected chi connectivity index (χ0v) is 16.5. The summed E-state index contributed by atoms with van der Waals surface area (Å²) in [7, 11) is 0. The van der Waals surface area contributed by atoms with Crippen LogP contribution in [0, 0.1) is 18.3 Å². The maximum Gasteiger partial charge on any atom is 0.292 e. The predicted octanol–water partition coefficient (Wildman–Crippen LogP) is 2.58. The monoisotopic (exact) mass is 401 g/mol. The van der Waals surface area contributed by atoms with E-state index in [9.17, 15) is 14.9 Å². The number of ether oxygens (including phenoxy) is 1. The van der Waals surface area contributed by atoms with Crippen LogP contribution in [0.15, 0.2) is 64.5 Å². The molecular weight excluding hydrogens is 382 g/mol. The minimum absolute atomic E-state index is 0.0646. The van der Waals surface area contributed by atoms with Gasteiger partial charge < -0.3 is 4.74 Å². The van der Waals surface area contributed by atoms with Crippen molar-refractivity contribution >= 4 is 12.1 Å². The Morgan fingerprint density at radius 2 is 1.93 bits per heavy atom. The Morgan fingerprint density at radius 1 is 1.23 bits per heavy atom. The highest BCUT2D eigenvalue weighted by atomic mass is 16.5. The van der Waals surface area contributed by atoms with Crippen molar-refractivity contribution in [1.29, 1.82) is 5.26 Å². The Labute approximate surface area is 173 Å². The van der Waals surface area contributed by atoms with Gasteiger partial charge in [-0.05, 0) is 43.7 Å². The Balaban J connectivity index is 1.95. The summed E-state index contributed by atoms with van der Waals surface area (Å²) in [5.41, 5.74) is 2.96. The summed E-state index contributed by atoms with van der Waals surface area (Å²) in [5.74, 6) is 0.00556. The van der Waals surface area contributed by atoms with Crippen LogP contribution in [0.4, 0.5) is 0 Å². The molecule has 0 aliphatic heterocycles. The zero-order valence-electron chi connectivity index (χ0n) is 16.5. The van der Waals surface area contributed by atoms with Gasteiger partial charge in [-0.2, -0.15) is 20.1 Å². The molecule has 0 radical (unpaired) electrons. The maximum atomic E-state index is 12.7. The van der Waals surface area contributed by atoms with Crippen LogP contribution in [0.2, 0.25) is 0 Å². The molecule has 1 amide bonds. The molecule has 1 N–H and O–H groups in total. The van der Waals surface area contributed by atoms with Gasteiger partial charge in [0, 0.05) is 5.56 Å². The van der Waals surface area contributed by atoms with Gasteiger partial charge in [-0.1, -0.05) is 30.3 Å². The summed E-state index contributed by atoms with van der Waals surface area (Å²) in [5, 5.41) is 17.5. The fourth-order valence-corrected chi connectivity index (χ4v) is 2.74. The lowest BCUT2D eigenvalue weighted by molar-refractivity contribution is 0.0947. The molecule has 3 rings (SSSR count). The van der Waals surface area contributed by atoms with E-state index >= 15 is 0 Å². The molecule has 0 aliphatic rings. The van der Waals surface area contributed by atoms with Crippen LogP contribution in [-0.4, -0.2) is 28.5 Å². The number of nitrogens with zero attached hydrogens (tertiary/aromatic N) is 4. The molecule has 0 saturated carbocycles. The number of nitrogens with one attached hydrogen (secondary N) is 1. The number of carbonyl (C=O) groups is 1. The third kappa shape index (κ3) is 4.42. The lowest BCUT2D eigenvalue weighted by atomic mass is 10.1. The number of benzene rings is 2. The van der Waals surface area contributed by atoms with Crippen LogP contribution in [0.5, 0.6) is 5.75 Å². The molecular formula is C22H19N5O3. The number of hydrogen-bond acceptors (Lipinski definition) is 6. The van der Waals surface area contributed by atoms with Crippen molar-refractivity contribution < 1.29 is 9.53 Å². The van der Waals surface area contributed by atoms with Crippen molar-refractivity contribution in [2.45, 2.75) is 13.8 Å². The smallest absolute Gasteiger partial charge is 0.292 e. The summed E-state index contributed by atoms with van der Waals surface area (Å²) in [4.78, 5) is 25.3. The number of rotatable bonds is 6. The number of nitriles is 1. The number of hydrazone groups is 1. The molecule has 2 aromatic carbocycles. The van der Waals surface area contributed by atoms with Crippen molar-refractivity contribution in [3.8, 4) is 17.5 Å². The molecule has 1 aromatic heterocycles. The molecule has 0 bridgehead atoms. The van der Waals surface area contributed by atoms with E-state index in [1.165, 1.54) is 13.1 Å². The molecule has 0 unspecified atom stereocenters. The summed E-state index contributed by atoms with van der Waals surface area (Å²) < 4.78 is 6.42. The Bertz CT molecular complexity index is 1180. The van der Waals surface area contributed by atoms with Crippen molar-refractivity contribution in [3.63, 3.8) is 0 Å². The van der Waals surface area contributed by atoms with Crippen molar-refractivity contribution in [1.82, 2.24) is 15.2 Å². The molecule has 30 heavy (non-hydrogen) atoms. The van der Waals surface area contributed by atoms with Gasteiger partial charge in [0.2, 0.25) is 0 Å². The van der Waals surface area contributed by atoms with Gasteiger partial charge in [0.1, 0.15) is 17.4 Å². The lowest BCUT2D eigenvalue weighted by Crippen LogP contribution is -2.31. The number of hydrogen-bond donors (Lipinski definition) is 1. The molecule has 8 heteroatoms. The first-order valence-electron chi connectivity index (χ1n) is 9.21. The average molecular weight is 401 g/mol. The second kappa shape index (κ2) is 9.30. The maximum absolute atomic E-state index is 12.7.